The molecule has 0 amide bonds. The Morgan fingerprint density at radius 3 is 2.69 bits per heavy atom. The van der Waals surface area contributed by atoms with Crippen LogP contribution in [0.2, 0.25) is 10.0 Å². The van der Waals surface area contributed by atoms with E-state index in [2.05, 4.69) is 0 Å². The third kappa shape index (κ3) is 2.85. The predicted molar refractivity (Wildman–Crippen MR) is 55.1 cm³/mol. The smallest absolute Gasteiger partial charge is 0.0817 e. The number of hydrogen-bond acceptors (Lipinski definition) is 2. The van der Waals surface area contributed by atoms with Gasteiger partial charge in [0.25, 0.3) is 0 Å². The molecular formula is C9H11Cl2NO. The first-order valence-corrected chi connectivity index (χ1v) is 4.74. The molecule has 2 nitrogen and oxygen atoms in total. The number of benzene rings is 1. The lowest BCUT2D eigenvalue weighted by atomic mass is 10.1. The van der Waals surface area contributed by atoms with Crippen molar-refractivity contribution < 1.29 is 5.11 Å². The van der Waals surface area contributed by atoms with Crippen LogP contribution in [0.25, 0.3) is 0 Å². The Morgan fingerprint density at radius 2 is 2.08 bits per heavy atom. The molecule has 72 valence electrons. The second-order valence-electron chi connectivity index (χ2n) is 2.76. The summed E-state index contributed by atoms with van der Waals surface area (Å²) in [4.78, 5) is 0. The molecule has 4 heteroatoms. The fraction of sp³-hybridized carbons (Fsp3) is 0.333. The van der Waals surface area contributed by atoms with Crippen LogP contribution >= 0.6 is 23.2 Å². The first-order chi connectivity index (χ1) is 6.15. The highest BCUT2D eigenvalue weighted by molar-refractivity contribution is 6.33. The van der Waals surface area contributed by atoms with Gasteiger partial charge in [-0.25, -0.2) is 0 Å². The summed E-state index contributed by atoms with van der Waals surface area (Å²) in [5, 5.41) is 10.7. The van der Waals surface area contributed by atoms with Crippen molar-refractivity contribution in [3.63, 3.8) is 0 Å². The van der Waals surface area contributed by atoms with Crippen LogP contribution in [0.5, 0.6) is 0 Å². The Bertz CT molecular complexity index is 291. The molecular weight excluding hydrogens is 209 g/mol. The maximum Gasteiger partial charge on any atom is 0.0817 e. The molecule has 3 N–H and O–H groups in total. The number of hydrogen-bond donors (Lipinski definition) is 2. The highest BCUT2D eigenvalue weighted by atomic mass is 35.5. The number of aliphatic hydroxyl groups is 1. The molecule has 0 saturated carbocycles. The maximum absolute atomic E-state index is 9.60. The monoisotopic (exact) mass is 219 g/mol. The Balaban J connectivity index is 2.91. The quantitative estimate of drug-likeness (QED) is 0.821. The normalized spacial score (nSPS) is 12.9. The summed E-state index contributed by atoms with van der Waals surface area (Å²) in [6, 6.07) is 5.01. The van der Waals surface area contributed by atoms with E-state index in [1.165, 1.54) is 0 Å². The van der Waals surface area contributed by atoms with Gasteiger partial charge in [0, 0.05) is 15.6 Å². The van der Waals surface area contributed by atoms with E-state index in [-0.39, 0.29) is 0 Å². The van der Waals surface area contributed by atoms with Gasteiger partial charge in [-0.2, -0.15) is 0 Å². The van der Waals surface area contributed by atoms with E-state index in [4.69, 9.17) is 28.9 Å². The topological polar surface area (TPSA) is 46.2 Å². The second-order valence-corrected chi connectivity index (χ2v) is 3.60. The van der Waals surface area contributed by atoms with E-state index in [0.29, 0.717) is 28.6 Å². The highest BCUT2D eigenvalue weighted by Gasteiger charge is 2.10. The lowest BCUT2D eigenvalue weighted by Crippen LogP contribution is -2.07. The Hall–Kier alpha value is -0.280. The zero-order valence-electron chi connectivity index (χ0n) is 7.00. The number of rotatable bonds is 3. The van der Waals surface area contributed by atoms with Gasteiger partial charge >= 0.3 is 0 Å². The standard InChI is InChI=1S/C9H11Cl2NO/c10-6-1-2-8(11)7(5-6)9(13)3-4-12/h1-2,5,9,13H,3-4,12H2. The molecule has 0 saturated heterocycles. The summed E-state index contributed by atoms with van der Waals surface area (Å²) in [5.41, 5.74) is 5.96. The fourth-order valence-corrected chi connectivity index (χ4v) is 1.51. The molecule has 1 rings (SSSR count). The molecule has 0 radical (unpaired) electrons. The van der Waals surface area contributed by atoms with Crippen molar-refractivity contribution in [1.82, 2.24) is 0 Å². The largest absolute Gasteiger partial charge is 0.388 e. The van der Waals surface area contributed by atoms with Crippen molar-refractivity contribution in [3.8, 4) is 0 Å². The molecule has 1 aromatic rings. The number of halogens is 2. The third-order valence-corrected chi connectivity index (χ3v) is 2.34. The van der Waals surface area contributed by atoms with Gasteiger partial charge in [-0.05, 0) is 31.2 Å². The lowest BCUT2D eigenvalue weighted by Gasteiger charge is -2.11. The first kappa shape index (κ1) is 10.8. The third-order valence-electron chi connectivity index (χ3n) is 1.76. The van der Waals surface area contributed by atoms with Crippen LogP contribution in [0.1, 0.15) is 18.1 Å². The van der Waals surface area contributed by atoms with Gasteiger partial charge in [0.1, 0.15) is 0 Å². The lowest BCUT2D eigenvalue weighted by molar-refractivity contribution is 0.170. The van der Waals surface area contributed by atoms with Gasteiger partial charge in [0.15, 0.2) is 0 Å². The van der Waals surface area contributed by atoms with E-state index in [1.54, 1.807) is 18.2 Å². The van der Waals surface area contributed by atoms with E-state index in [9.17, 15) is 5.11 Å². The minimum absolute atomic E-state index is 0.421. The molecule has 0 spiro atoms. The van der Waals surface area contributed by atoms with E-state index < -0.39 is 6.10 Å². The van der Waals surface area contributed by atoms with E-state index in [0.717, 1.165) is 0 Å². The molecule has 0 aliphatic heterocycles. The van der Waals surface area contributed by atoms with Crippen molar-refractivity contribution in [2.24, 2.45) is 5.73 Å². The van der Waals surface area contributed by atoms with E-state index >= 15 is 0 Å². The van der Waals surface area contributed by atoms with Crippen LogP contribution < -0.4 is 5.73 Å². The average Bonchev–Trinajstić information content (AvgIpc) is 2.09. The zero-order chi connectivity index (χ0) is 9.84. The van der Waals surface area contributed by atoms with Gasteiger partial charge in [0.05, 0.1) is 6.10 Å². The molecule has 0 bridgehead atoms. The van der Waals surface area contributed by atoms with Gasteiger partial charge in [-0.3, -0.25) is 0 Å². The summed E-state index contributed by atoms with van der Waals surface area (Å²) >= 11 is 11.6. The summed E-state index contributed by atoms with van der Waals surface area (Å²) in [6.07, 6.45) is -0.142. The molecule has 0 aliphatic rings. The maximum atomic E-state index is 9.60. The van der Waals surface area contributed by atoms with Gasteiger partial charge in [0.2, 0.25) is 0 Å². The average molecular weight is 220 g/mol. The Labute approximate surface area is 87.3 Å². The van der Waals surface area contributed by atoms with Crippen molar-refractivity contribution >= 4 is 23.2 Å². The van der Waals surface area contributed by atoms with Crippen LogP contribution in [0.4, 0.5) is 0 Å². The van der Waals surface area contributed by atoms with Crippen molar-refractivity contribution in [2.75, 3.05) is 6.54 Å². The molecule has 0 aromatic heterocycles. The van der Waals surface area contributed by atoms with Crippen molar-refractivity contribution in [3.05, 3.63) is 33.8 Å². The van der Waals surface area contributed by atoms with Crippen LogP contribution in [0.3, 0.4) is 0 Å². The van der Waals surface area contributed by atoms with Crippen molar-refractivity contribution in [1.29, 1.82) is 0 Å². The van der Waals surface area contributed by atoms with Crippen LogP contribution in [0.15, 0.2) is 18.2 Å². The number of aliphatic hydroxyl groups excluding tert-OH is 1. The number of nitrogens with two attached hydrogens (primary N) is 1. The fourth-order valence-electron chi connectivity index (χ4n) is 1.08. The van der Waals surface area contributed by atoms with Gasteiger partial charge < -0.3 is 10.8 Å². The minimum Gasteiger partial charge on any atom is -0.388 e. The molecule has 13 heavy (non-hydrogen) atoms. The molecule has 0 fully saturated rings. The molecule has 0 heterocycles. The van der Waals surface area contributed by atoms with Crippen LogP contribution in [-0.2, 0) is 0 Å². The minimum atomic E-state index is -0.629. The van der Waals surface area contributed by atoms with Crippen molar-refractivity contribution in [2.45, 2.75) is 12.5 Å². The Kier molecular flexibility index (Phi) is 4.00. The Morgan fingerprint density at radius 1 is 1.38 bits per heavy atom. The first-order valence-electron chi connectivity index (χ1n) is 3.98. The summed E-state index contributed by atoms with van der Waals surface area (Å²) in [5.74, 6) is 0. The molecule has 1 aromatic carbocycles. The zero-order valence-corrected chi connectivity index (χ0v) is 8.52. The van der Waals surface area contributed by atoms with Gasteiger partial charge in [-0.1, -0.05) is 23.2 Å². The summed E-state index contributed by atoms with van der Waals surface area (Å²) in [6.45, 7) is 0.421. The molecule has 0 aliphatic carbocycles. The van der Waals surface area contributed by atoms with E-state index in [1.807, 2.05) is 0 Å². The highest BCUT2D eigenvalue weighted by Crippen LogP contribution is 2.27. The summed E-state index contributed by atoms with van der Waals surface area (Å²) in [7, 11) is 0. The SMILES string of the molecule is NCCC(O)c1cc(Cl)ccc1Cl. The van der Waals surface area contributed by atoms with Crippen LogP contribution in [0, 0.1) is 0 Å². The molecule has 1 unspecified atom stereocenters. The second kappa shape index (κ2) is 4.82. The molecule has 1 atom stereocenters. The summed E-state index contributed by atoms with van der Waals surface area (Å²) < 4.78 is 0. The van der Waals surface area contributed by atoms with Gasteiger partial charge in [-0.15, -0.1) is 0 Å². The van der Waals surface area contributed by atoms with Crippen LogP contribution in [-0.4, -0.2) is 11.7 Å². The predicted octanol–water partition coefficient (Wildman–Crippen LogP) is 2.38.